The minimum absolute atomic E-state index is 0.111. The molecule has 1 aromatic carbocycles. The van der Waals surface area contributed by atoms with Crippen molar-refractivity contribution < 1.29 is 19.3 Å². The van der Waals surface area contributed by atoms with Crippen LogP contribution in [0, 0.1) is 12.7 Å². The lowest BCUT2D eigenvalue weighted by Crippen LogP contribution is -2.34. The van der Waals surface area contributed by atoms with Crippen molar-refractivity contribution in [3.8, 4) is 5.75 Å². The Morgan fingerprint density at radius 1 is 1.26 bits per heavy atom. The summed E-state index contributed by atoms with van der Waals surface area (Å²) in [6.07, 6.45) is 0.913. The van der Waals surface area contributed by atoms with Crippen LogP contribution in [0.15, 0.2) is 36.8 Å². The molecule has 1 aliphatic carbocycles. The molecule has 142 valence electrons. The predicted molar refractivity (Wildman–Crippen MR) is 96.6 cm³/mol. The van der Waals surface area contributed by atoms with Crippen LogP contribution in [0.3, 0.4) is 0 Å². The van der Waals surface area contributed by atoms with E-state index >= 15 is 0 Å². The molecule has 4 rings (SSSR count). The monoisotopic (exact) mass is 372 g/mol. The van der Waals surface area contributed by atoms with Crippen LogP contribution < -0.4 is 10.5 Å². The Bertz CT molecular complexity index is 977. The maximum Gasteiger partial charge on any atom is 0.143 e. The van der Waals surface area contributed by atoms with Crippen LogP contribution in [-0.4, -0.2) is 43.1 Å². The number of halogens is 1. The first-order chi connectivity index (χ1) is 13.0. The van der Waals surface area contributed by atoms with Gasteiger partial charge in [0.25, 0.3) is 0 Å². The van der Waals surface area contributed by atoms with Crippen molar-refractivity contribution in [1.29, 1.82) is 0 Å². The quantitative estimate of drug-likeness (QED) is 0.640. The van der Waals surface area contributed by atoms with Crippen molar-refractivity contribution in [2.75, 3.05) is 0 Å². The van der Waals surface area contributed by atoms with Crippen LogP contribution in [0.4, 0.5) is 4.39 Å². The minimum Gasteiger partial charge on any atom is -0.487 e. The summed E-state index contributed by atoms with van der Waals surface area (Å²) in [7, 11) is 0. The smallest absolute Gasteiger partial charge is 0.143 e. The van der Waals surface area contributed by atoms with Crippen molar-refractivity contribution in [3.05, 3.63) is 53.9 Å². The van der Waals surface area contributed by atoms with Gasteiger partial charge in [-0.25, -0.2) is 14.4 Å². The maximum atomic E-state index is 13.4. The van der Waals surface area contributed by atoms with Crippen molar-refractivity contribution in [2.24, 2.45) is 5.73 Å². The number of nitrogens with two attached hydrogens (primary N) is 1. The molecule has 0 bridgehead atoms. The molecule has 0 spiro atoms. The summed E-state index contributed by atoms with van der Waals surface area (Å²) in [6.45, 7) is 2.00. The summed E-state index contributed by atoms with van der Waals surface area (Å²) >= 11 is 0. The van der Waals surface area contributed by atoms with Gasteiger partial charge in [-0.15, -0.1) is 0 Å². The van der Waals surface area contributed by atoms with E-state index in [1.165, 1.54) is 24.5 Å². The number of hydrogen-bond donors (Lipinski definition) is 3. The zero-order valence-corrected chi connectivity index (χ0v) is 14.8. The average Bonchev–Trinajstić information content (AvgIpc) is 3.20. The Kier molecular flexibility index (Phi) is 4.55. The van der Waals surface area contributed by atoms with Gasteiger partial charge < -0.3 is 25.3 Å². The van der Waals surface area contributed by atoms with E-state index in [2.05, 4.69) is 9.97 Å². The summed E-state index contributed by atoms with van der Waals surface area (Å²) in [5, 5.41) is 22.0. The summed E-state index contributed by atoms with van der Waals surface area (Å²) in [6, 6.07) is 5.57. The van der Waals surface area contributed by atoms with E-state index in [1.807, 2.05) is 23.8 Å². The lowest BCUT2D eigenvalue weighted by molar-refractivity contribution is -0.0166. The fraction of sp³-hybridized carbons (Fsp3) is 0.368. The number of rotatable bonds is 4. The highest BCUT2D eigenvalue weighted by Gasteiger charge is 2.44. The van der Waals surface area contributed by atoms with Crippen LogP contribution in [0.5, 0.6) is 5.75 Å². The number of benzene rings is 1. The highest BCUT2D eigenvalue weighted by Crippen LogP contribution is 2.36. The molecule has 7 nitrogen and oxygen atoms in total. The number of aryl methyl sites for hydroxylation is 1. The molecule has 1 saturated carbocycles. The number of fused-ring (bicyclic) bond motifs is 1. The second kappa shape index (κ2) is 6.88. The topological polar surface area (TPSA) is 106 Å². The van der Waals surface area contributed by atoms with Crippen molar-refractivity contribution >= 4 is 11.0 Å². The number of aromatic nitrogens is 3. The van der Waals surface area contributed by atoms with Crippen molar-refractivity contribution in [1.82, 2.24) is 14.5 Å². The number of aliphatic hydroxyl groups is 2. The molecule has 0 radical (unpaired) electrons. The molecule has 8 heteroatoms. The zero-order chi connectivity index (χ0) is 19.1. The number of hydrogen-bond acceptors (Lipinski definition) is 6. The molecule has 0 unspecified atom stereocenters. The van der Waals surface area contributed by atoms with E-state index in [0.29, 0.717) is 23.4 Å². The van der Waals surface area contributed by atoms with E-state index in [4.69, 9.17) is 10.5 Å². The predicted octanol–water partition coefficient (Wildman–Crippen LogP) is 1.45. The van der Waals surface area contributed by atoms with Gasteiger partial charge in [-0.3, -0.25) is 0 Å². The first-order valence-corrected chi connectivity index (χ1v) is 8.79. The molecular weight excluding hydrogens is 351 g/mol. The molecule has 27 heavy (non-hydrogen) atoms. The largest absolute Gasteiger partial charge is 0.487 e. The maximum absolute atomic E-state index is 13.4. The fourth-order valence-electron chi connectivity index (χ4n) is 3.71. The van der Waals surface area contributed by atoms with Crippen molar-refractivity contribution in [3.63, 3.8) is 0 Å². The molecule has 0 amide bonds. The summed E-state index contributed by atoms with van der Waals surface area (Å²) < 4.78 is 21.1. The molecule has 3 aromatic rings. The molecule has 0 saturated heterocycles. The Morgan fingerprint density at radius 2 is 2.07 bits per heavy atom. The van der Waals surface area contributed by atoms with Crippen LogP contribution in [0.25, 0.3) is 11.0 Å². The van der Waals surface area contributed by atoms with E-state index in [1.54, 1.807) is 0 Å². The molecule has 2 aromatic heterocycles. The molecule has 0 aliphatic heterocycles. The van der Waals surface area contributed by atoms with Crippen LogP contribution >= 0.6 is 0 Å². The fourth-order valence-corrected chi connectivity index (χ4v) is 3.71. The molecule has 2 heterocycles. The average molecular weight is 372 g/mol. The van der Waals surface area contributed by atoms with Crippen LogP contribution in [0.1, 0.15) is 23.7 Å². The molecule has 1 aliphatic rings. The second-order valence-electron chi connectivity index (χ2n) is 6.82. The van der Waals surface area contributed by atoms with Gasteiger partial charge in [0.05, 0.1) is 11.7 Å². The molecule has 1 fully saturated rings. The van der Waals surface area contributed by atoms with Gasteiger partial charge in [0.2, 0.25) is 0 Å². The Hall–Kier alpha value is -2.55. The molecule has 4 N–H and O–H groups in total. The third kappa shape index (κ3) is 3.05. The lowest BCUT2D eigenvalue weighted by Gasteiger charge is -2.20. The van der Waals surface area contributed by atoms with E-state index in [9.17, 15) is 14.6 Å². The summed E-state index contributed by atoms with van der Waals surface area (Å²) in [4.78, 5) is 8.49. The first kappa shape index (κ1) is 17.8. The third-order valence-electron chi connectivity index (χ3n) is 5.19. The van der Waals surface area contributed by atoms with Crippen molar-refractivity contribution in [2.45, 2.75) is 44.2 Å². The minimum atomic E-state index is -1.09. The van der Waals surface area contributed by atoms with Gasteiger partial charge in [0.1, 0.15) is 41.9 Å². The van der Waals surface area contributed by atoms with Gasteiger partial charge in [0, 0.05) is 30.1 Å². The molecular formula is C19H21FN4O3. The number of aliphatic hydroxyl groups excluding tert-OH is 2. The SMILES string of the molecule is Cc1ncnc2c1ccn2[C@H]1C[C@@H](Oc2ccc(F)cc2CN)[C@H](O)[C@@H]1O. The second-order valence-corrected chi connectivity index (χ2v) is 6.82. The van der Waals surface area contributed by atoms with Gasteiger partial charge in [-0.2, -0.15) is 0 Å². The number of ether oxygens (including phenoxy) is 1. The number of nitrogens with zero attached hydrogens (tertiary/aromatic N) is 3. The van der Waals surface area contributed by atoms with Crippen LogP contribution in [-0.2, 0) is 6.54 Å². The third-order valence-corrected chi connectivity index (χ3v) is 5.19. The highest BCUT2D eigenvalue weighted by atomic mass is 19.1. The lowest BCUT2D eigenvalue weighted by atomic mass is 10.2. The summed E-state index contributed by atoms with van der Waals surface area (Å²) in [5.41, 5.74) is 7.71. The van der Waals surface area contributed by atoms with Crippen LogP contribution in [0.2, 0.25) is 0 Å². The van der Waals surface area contributed by atoms with E-state index in [-0.39, 0.29) is 6.54 Å². The summed E-state index contributed by atoms with van der Waals surface area (Å²) in [5.74, 6) is 0.00730. The van der Waals surface area contributed by atoms with Gasteiger partial charge in [-0.05, 0) is 31.2 Å². The first-order valence-electron chi connectivity index (χ1n) is 8.79. The Labute approximate surface area is 155 Å². The zero-order valence-electron chi connectivity index (χ0n) is 14.8. The highest BCUT2D eigenvalue weighted by molar-refractivity contribution is 5.78. The van der Waals surface area contributed by atoms with E-state index in [0.717, 1.165) is 11.1 Å². The van der Waals surface area contributed by atoms with Gasteiger partial charge >= 0.3 is 0 Å². The standard InChI is InChI=1S/C19H21FN4O3/c1-10-13-4-5-24(19(13)23-9-22-10)14-7-16(18(26)17(14)25)27-15-3-2-12(20)6-11(15)8-21/h2-6,9,14,16-18,25-26H,7-8,21H2,1H3/t14-,16+,17+,18-/m0/s1. The molecule has 4 atom stereocenters. The Balaban J connectivity index is 1.62. The van der Waals surface area contributed by atoms with Gasteiger partial charge in [-0.1, -0.05) is 0 Å². The van der Waals surface area contributed by atoms with E-state index < -0.39 is 30.2 Å². The normalized spacial score (nSPS) is 25.2. The Morgan fingerprint density at radius 3 is 2.85 bits per heavy atom. The van der Waals surface area contributed by atoms with Gasteiger partial charge in [0.15, 0.2) is 0 Å².